The van der Waals surface area contributed by atoms with E-state index < -0.39 is 0 Å². The van der Waals surface area contributed by atoms with Gasteiger partial charge in [0.25, 0.3) is 0 Å². The van der Waals surface area contributed by atoms with Gasteiger partial charge in [0.15, 0.2) is 0 Å². The zero-order valence-electron chi connectivity index (χ0n) is 11.2. The first kappa shape index (κ1) is 16.9. The summed E-state index contributed by atoms with van der Waals surface area (Å²) >= 11 is 4.13. The van der Waals surface area contributed by atoms with Gasteiger partial charge in [0, 0.05) is 11.8 Å². The van der Waals surface area contributed by atoms with E-state index in [9.17, 15) is 0 Å². The monoisotopic (exact) mass is 309 g/mol. The number of halogens is 1. The number of thiol groups is 1. The second-order valence-corrected chi connectivity index (χ2v) is 4.93. The van der Waals surface area contributed by atoms with Gasteiger partial charge in [-0.25, -0.2) is 0 Å². The van der Waals surface area contributed by atoms with Crippen molar-refractivity contribution in [1.82, 2.24) is 0 Å². The van der Waals surface area contributed by atoms with Crippen molar-refractivity contribution in [3.63, 3.8) is 0 Å². The predicted molar refractivity (Wildman–Crippen MR) is 90.3 cm³/mol. The molecule has 0 spiro atoms. The van der Waals surface area contributed by atoms with E-state index in [0.717, 1.165) is 12.2 Å². The van der Waals surface area contributed by atoms with Crippen LogP contribution in [0.4, 0.5) is 0 Å². The molecule has 0 aliphatic carbocycles. The van der Waals surface area contributed by atoms with Crippen molar-refractivity contribution in [2.24, 2.45) is 5.73 Å². The highest BCUT2D eigenvalue weighted by atomic mass is 35.5. The molecule has 20 heavy (non-hydrogen) atoms. The molecule has 0 aliphatic heterocycles. The zero-order chi connectivity index (χ0) is 13.5. The van der Waals surface area contributed by atoms with Crippen molar-refractivity contribution >= 4 is 25.0 Å². The first-order valence-electron chi connectivity index (χ1n) is 6.40. The van der Waals surface area contributed by atoms with Crippen LogP contribution in [0.1, 0.15) is 11.1 Å². The Morgan fingerprint density at radius 1 is 0.950 bits per heavy atom. The Hall–Kier alpha value is -1.16. The minimum atomic E-state index is -0.0210. The molecule has 2 aromatic rings. The minimum absolute atomic E-state index is 0. The predicted octanol–water partition coefficient (Wildman–Crippen LogP) is 3.34. The topological polar surface area (TPSA) is 35.2 Å². The highest BCUT2D eigenvalue weighted by Crippen LogP contribution is 2.15. The molecule has 0 bridgehead atoms. The summed E-state index contributed by atoms with van der Waals surface area (Å²) in [5.74, 6) is 1.49. The van der Waals surface area contributed by atoms with Gasteiger partial charge in [0.2, 0.25) is 0 Å². The van der Waals surface area contributed by atoms with Gasteiger partial charge in [-0.1, -0.05) is 42.5 Å². The summed E-state index contributed by atoms with van der Waals surface area (Å²) in [6.45, 7) is 0.502. The molecule has 108 valence electrons. The number of hydrogen-bond donors (Lipinski definition) is 2. The molecule has 0 fully saturated rings. The second kappa shape index (κ2) is 8.90. The minimum Gasteiger partial charge on any atom is -0.492 e. The van der Waals surface area contributed by atoms with E-state index in [-0.39, 0.29) is 18.4 Å². The van der Waals surface area contributed by atoms with Crippen LogP contribution >= 0.6 is 25.0 Å². The highest BCUT2D eigenvalue weighted by Gasteiger charge is 2.01. The van der Waals surface area contributed by atoms with Gasteiger partial charge in [-0.3, -0.25) is 0 Å². The summed E-state index contributed by atoms with van der Waals surface area (Å²) in [6.07, 6.45) is 0.942. The number of ether oxygens (including phenoxy) is 1. The van der Waals surface area contributed by atoms with Crippen molar-refractivity contribution in [2.45, 2.75) is 12.5 Å². The van der Waals surface area contributed by atoms with Crippen LogP contribution in [-0.4, -0.2) is 18.4 Å². The maximum atomic E-state index is 5.75. The Labute approximate surface area is 132 Å². The summed E-state index contributed by atoms with van der Waals surface area (Å²) in [5.41, 5.74) is 8.34. The average molecular weight is 310 g/mol. The maximum Gasteiger partial charge on any atom is 0.119 e. The van der Waals surface area contributed by atoms with Crippen LogP contribution in [0.25, 0.3) is 0 Å². The van der Waals surface area contributed by atoms with Crippen LogP contribution in [0.5, 0.6) is 5.75 Å². The molecule has 2 aromatic carbocycles. The number of benzene rings is 2. The molecule has 0 saturated carbocycles. The van der Waals surface area contributed by atoms with Gasteiger partial charge in [0.1, 0.15) is 12.4 Å². The van der Waals surface area contributed by atoms with Crippen molar-refractivity contribution in [3.05, 3.63) is 65.7 Å². The molecule has 2 N–H and O–H groups in total. The normalized spacial score (nSPS) is 11.5. The molecule has 2 nitrogen and oxygen atoms in total. The van der Waals surface area contributed by atoms with Crippen LogP contribution in [0, 0.1) is 0 Å². The Morgan fingerprint density at radius 2 is 1.55 bits per heavy atom. The number of nitrogens with two attached hydrogens (primary N) is 1. The smallest absolute Gasteiger partial charge is 0.119 e. The molecule has 4 heteroatoms. The molecule has 0 amide bonds. The van der Waals surface area contributed by atoms with Crippen LogP contribution in [-0.2, 0) is 6.42 Å². The summed E-state index contributed by atoms with van der Waals surface area (Å²) in [5, 5.41) is 0. The number of hydrogen-bond acceptors (Lipinski definition) is 3. The van der Waals surface area contributed by atoms with E-state index in [4.69, 9.17) is 10.5 Å². The summed E-state index contributed by atoms with van der Waals surface area (Å²) in [6, 6.07) is 18.6. The fourth-order valence-corrected chi connectivity index (χ4v) is 1.90. The van der Waals surface area contributed by atoms with Crippen LogP contribution in [0.2, 0.25) is 0 Å². The van der Waals surface area contributed by atoms with E-state index >= 15 is 0 Å². The van der Waals surface area contributed by atoms with E-state index in [2.05, 4.69) is 49.0 Å². The lowest BCUT2D eigenvalue weighted by Gasteiger charge is -2.11. The molecule has 0 radical (unpaired) electrons. The highest BCUT2D eigenvalue weighted by molar-refractivity contribution is 7.80. The van der Waals surface area contributed by atoms with E-state index in [1.807, 2.05) is 18.2 Å². The number of rotatable bonds is 6. The molecular formula is C16H20ClNOS. The van der Waals surface area contributed by atoms with Gasteiger partial charge in [-0.15, -0.1) is 12.4 Å². The standard InChI is InChI=1S/C16H19NOS.ClH/c17-15(12-19)11-18-16-8-6-14(7-9-16)10-13-4-2-1-3-5-13;/h1-9,15,19H,10-12,17H2;1H/t15-;/m0./s1. The third kappa shape index (κ3) is 5.45. The van der Waals surface area contributed by atoms with E-state index in [1.165, 1.54) is 11.1 Å². The SMILES string of the molecule is Cl.N[C@H](CS)COc1ccc(Cc2ccccc2)cc1. The molecule has 0 unspecified atom stereocenters. The van der Waals surface area contributed by atoms with Gasteiger partial charge >= 0.3 is 0 Å². The zero-order valence-corrected chi connectivity index (χ0v) is 12.9. The lowest BCUT2D eigenvalue weighted by Crippen LogP contribution is -2.29. The largest absolute Gasteiger partial charge is 0.492 e. The van der Waals surface area contributed by atoms with Crippen LogP contribution in [0.3, 0.4) is 0 Å². The van der Waals surface area contributed by atoms with Gasteiger partial charge in [-0.05, 0) is 29.7 Å². The Bertz CT molecular complexity index is 490. The van der Waals surface area contributed by atoms with Crippen LogP contribution in [0.15, 0.2) is 54.6 Å². The molecule has 0 aliphatic rings. The molecule has 2 rings (SSSR count). The van der Waals surface area contributed by atoms with Crippen molar-refractivity contribution in [3.8, 4) is 5.75 Å². The Morgan fingerprint density at radius 3 is 2.15 bits per heavy atom. The van der Waals surface area contributed by atoms with E-state index in [0.29, 0.717) is 12.4 Å². The summed E-state index contributed by atoms with van der Waals surface area (Å²) in [7, 11) is 0. The van der Waals surface area contributed by atoms with Gasteiger partial charge < -0.3 is 10.5 Å². The van der Waals surface area contributed by atoms with Crippen molar-refractivity contribution in [2.75, 3.05) is 12.4 Å². The third-order valence-corrected chi connectivity index (χ3v) is 3.34. The van der Waals surface area contributed by atoms with Gasteiger partial charge in [0.05, 0.1) is 0 Å². The first-order chi connectivity index (χ1) is 9.28. The second-order valence-electron chi connectivity index (χ2n) is 4.56. The van der Waals surface area contributed by atoms with Crippen molar-refractivity contribution in [1.29, 1.82) is 0 Å². The van der Waals surface area contributed by atoms with Gasteiger partial charge in [-0.2, -0.15) is 12.6 Å². The Balaban J connectivity index is 0.00000200. The molecule has 0 aromatic heterocycles. The molecular weight excluding hydrogens is 290 g/mol. The fraction of sp³-hybridized carbons (Fsp3) is 0.250. The maximum absolute atomic E-state index is 5.75. The molecule has 0 saturated heterocycles. The van der Waals surface area contributed by atoms with Crippen LogP contribution < -0.4 is 10.5 Å². The fourth-order valence-electron chi connectivity index (χ4n) is 1.79. The summed E-state index contributed by atoms with van der Waals surface area (Å²) in [4.78, 5) is 0. The third-order valence-electron chi connectivity index (χ3n) is 2.87. The van der Waals surface area contributed by atoms with Crippen molar-refractivity contribution < 1.29 is 4.74 Å². The van der Waals surface area contributed by atoms with E-state index in [1.54, 1.807) is 0 Å². The molecule has 1 atom stereocenters. The quantitative estimate of drug-likeness (QED) is 0.803. The lowest BCUT2D eigenvalue weighted by molar-refractivity contribution is 0.298. The summed E-state index contributed by atoms with van der Waals surface area (Å²) < 4.78 is 5.59. The molecule has 0 heterocycles. The Kier molecular flexibility index (Phi) is 7.52. The lowest BCUT2D eigenvalue weighted by atomic mass is 10.1. The average Bonchev–Trinajstić information content (AvgIpc) is 2.47. The first-order valence-corrected chi connectivity index (χ1v) is 7.03.